The summed E-state index contributed by atoms with van der Waals surface area (Å²) in [6.07, 6.45) is 4.11. The molecule has 6 heteroatoms. The molecule has 1 spiro atoms. The van der Waals surface area contributed by atoms with Crippen LogP contribution >= 0.6 is 0 Å². The lowest BCUT2D eigenvalue weighted by Gasteiger charge is -2.47. The van der Waals surface area contributed by atoms with Gasteiger partial charge in [0.1, 0.15) is 12.2 Å². The zero-order valence-corrected chi connectivity index (χ0v) is 13.9. The van der Waals surface area contributed by atoms with E-state index < -0.39 is 17.5 Å². The van der Waals surface area contributed by atoms with Crippen molar-refractivity contribution in [2.45, 2.75) is 50.9 Å². The van der Waals surface area contributed by atoms with Gasteiger partial charge in [-0.2, -0.15) is 0 Å². The summed E-state index contributed by atoms with van der Waals surface area (Å²) in [5.41, 5.74) is 1.45. The number of carbonyl (C=O) groups is 2. The average Bonchev–Trinajstić information content (AvgIpc) is 3.27. The molecule has 4 aliphatic rings. The fourth-order valence-corrected chi connectivity index (χ4v) is 5.50. The molecule has 5 rings (SSSR count). The lowest BCUT2D eigenvalue weighted by Crippen LogP contribution is -2.50. The van der Waals surface area contributed by atoms with Crippen molar-refractivity contribution in [2.75, 3.05) is 0 Å². The molecule has 0 aromatic carbocycles. The van der Waals surface area contributed by atoms with E-state index in [-0.39, 0.29) is 30.0 Å². The van der Waals surface area contributed by atoms with E-state index in [4.69, 9.17) is 13.9 Å². The van der Waals surface area contributed by atoms with Crippen LogP contribution in [0.4, 0.5) is 0 Å². The number of hydrogen-bond acceptors (Lipinski definition) is 6. The quantitative estimate of drug-likeness (QED) is 0.787. The molecule has 0 radical (unpaired) electrons. The van der Waals surface area contributed by atoms with Crippen LogP contribution in [0.3, 0.4) is 0 Å². The third kappa shape index (κ3) is 1.83. The third-order valence-electron chi connectivity index (χ3n) is 6.70. The summed E-state index contributed by atoms with van der Waals surface area (Å²) in [6, 6.07) is 1.82. The number of cyclic esters (lactones) is 1. The van der Waals surface area contributed by atoms with Gasteiger partial charge in [-0.15, -0.1) is 0 Å². The Morgan fingerprint density at radius 3 is 2.80 bits per heavy atom. The zero-order chi connectivity index (χ0) is 17.3. The Morgan fingerprint density at radius 1 is 1.20 bits per heavy atom. The topological polar surface area (TPSA) is 86.0 Å². The highest BCUT2D eigenvalue weighted by atomic mass is 16.6. The number of fused-ring (bicyclic) bond motifs is 1. The van der Waals surface area contributed by atoms with Gasteiger partial charge in [0, 0.05) is 17.9 Å². The first-order chi connectivity index (χ1) is 12.0. The fraction of sp³-hybridized carbons (Fsp3) is 0.579. The first kappa shape index (κ1) is 15.2. The second-order valence-electron chi connectivity index (χ2n) is 7.74. The van der Waals surface area contributed by atoms with Gasteiger partial charge >= 0.3 is 11.9 Å². The van der Waals surface area contributed by atoms with Crippen molar-refractivity contribution in [1.29, 1.82) is 0 Å². The zero-order valence-electron chi connectivity index (χ0n) is 13.9. The molecule has 1 saturated carbocycles. The number of esters is 2. The van der Waals surface area contributed by atoms with Crippen molar-refractivity contribution in [3.8, 4) is 0 Å². The van der Waals surface area contributed by atoms with Crippen molar-refractivity contribution < 1.29 is 28.6 Å². The molecule has 1 aromatic heterocycles. The van der Waals surface area contributed by atoms with Crippen LogP contribution in [-0.4, -0.2) is 29.3 Å². The molecule has 0 unspecified atom stereocenters. The lowest BCUT2D eigenvalue weighted by molar-refractivity contribution is -0.156. The number of ether oxygens (including phenoxy) is 2. The van der Waals surface area contributed by atoms with Crippen molar-refractivity contribution >= 4 is 11.9 Å². The van der Waals surface area contributed by atoms with Crippen molar-refractivity contribution in [1.82, 2.24) is 0 Å². The predicted molar refractivity (Wildman–Crippen MR) is 84.0 cm³/mol. The predicted octanol–water partition coefficient (Wildman–Crippen LogP) is 2.29. The van der Waals surface area contributed by atoms with Crippen LogP contribution < -0.4 is 0 Å². The lowest BCUT2D eigenvalue weighted by atomic mass is 9.53. The molecular formula is C19H20O6. The van der Waals surface area contributed by atoms with Crippen molar-refractivity contribution in [2.24, 2.45) is 17.3 Å². The van der Waals surface area contributed by atoms with Crippen LogP contribution in [0.15, 0.2) is 34.2 Å². The number of hydrogen-bond donors (Lipinski definition) is 1. The summed E-state index contributed by atoms with van der Waals surface area (Å²) in [4.78, 5) is 25.3. The molecule has 6 atom stereocenters. The molecule has 0 amide bonds. The van der Waals surface area contributed by atoms with Crippen LogP contribution in [-0.2, 0) is 19.1 Å². The molecule has 2 fully saturated rings. The number of aliphatic hydroxyl groups is 1. The Hall–Kier alpha value is -2.08. The summed E-state index contributed by atoms with van der Waals surface area (Å²) < 4.78 is 16.4. The van der Waals surface area contributed by atoms with E-state index in [1.54, 1.807) is 12.5 Å². The van der Waals surface area contributed by atoms with Gasteiger partial charge in [-0.3, -0.25) is 4.79 Å². The van der Waals surface area contributed by atoms with Gasteiger partial charge in [0.2, 0.25) is 0 Å². The van der Waals surface area contributed by atoms with E-state index >= 15 is 0 Å². The number of furan rings is 1. The van der Waals surface area contributed by atoms with Gasteiger partial charge in [-0.1, -0.05) is 6.92 Å². The summed E-state index contributed by atoms with van der Waals surface area (Å²) in [5, 5.41) is 10.3. The smallest absolute Gasteiger partial charge is 0.337 e. The van der Waals surface area contributed by atoms with Crippen LogP contribution in [0.2, 0.25) is 0 Å². The van der Waals surface area contributed by atoms with Crippen LogP contribution in [0.25, 0.3) is 0 Å². The monoisotopic (exact) mass is 344 g/mol. The third-order valence-corrected chi connectivity index (χ3v) is 6.70. The molecule has 6 nitrogen and oxygen atoms in total. The molecule has 1 aromatic rings. The minimum atomic E-state index is -0.781. The van der Waals surface area contributed by atoms with E-state index in [0.717, 1.165) is 11.1 Å². The van der Waals surface area contributed by atoms with Crippen LogP contribution in [0, 0.1) is 17.3 Å². The summed E-state index contributed by atoms with van der Waals surface area (Å²) in [5.74, 6) is -0.676. The number of rotatable bonds is 1. The van der Waals surface area contributed by atoms with Crippen molar-refractivity contribution in [3.63, 3.8) is 0 Å². The Labute approximate surface area is 144 Å². The van der Waals surface area contributed by atoms with E-state index in [0.29, 0.717) is 31.3 Å². The molecule has 132 valence electrons. The minimum absolute atomic E-state index is 0.0399. The maximum Gasteiger partial charge on any atom is 0.337 e. The fourth-order valence-electron chi connectivity index (χ4n) is 5.50. The van der Waals surface area contributed by atoms with E-state index in [9.17, 15) is 14.7 Å². The second kappa shape index (κ2) is 4.97. The van der Waals surface area contributed by atoms with E-state index in [1.807, 2.05) is 13.0 Å². The number of aliphatic hydroxyl groups excluding tert-OH is 1. The molecule has 1 N–H and O–H groups in total. The van der Waals surface area contributed by atoms with Gasteiger partial charge in [0.25, 0.3) is 0 Å². The largest absolute Gasteiger partial charge is 0.472 e. The normalized spacial score (nSPS) is 42.6. The Bertz CT molecular complexity index is 778. The summed E-state index contributed by atoms with van der Waals surface area (Å²) in [7, 11) is 0. The Kier molecular flexibility index (Phi) is 3.02. The van der Waals surface area contributed by atoms with Crippen LogP contribution in [0.1, 0.15) is 44.3 Å². The molecule has 25 heavy (non-hydrogen) atoms. The average molecular weight is 344 g/mol. The molecule has 2 aliphatic carbocycles. The molecule has 2 aliphatic heterocycles. The molecule has 3 heterocycles. The number of carbonyl (C=O) groups excluding carboxylic acids is 2. The standard InChI is InChI=1S/C19H20O6/c1-9-6-13-15-11(2-3-12(20)16(15)17(21)24-13)19(9)7-14(25-18(19)22)10-4-5-23-8-10/h4-5,8-9,11-14,20H,2-3,6-7H2,1H3/t9-,11-,12+,13+,14+,19-/m1/s1. The van der Waals surface area contributed by atoms with Gasteiger partial charge in [0.15, 0.2) is 0 Å². The first-order valence-electron chi connectivity index (χ1n) is 8.88. The minimum Gasteiger partial charge on any atom is -0.472 e. The van der Waals surface area contributed by atoms with Gasteiger partial charge < -0.3 is 19.0 Å². The highest BCUT2D eigenvalue weighted by Crippen LogP contribution is 2.62. The second-order valence-corrected chi connectivity index (χ2v) is 7.74. The summed E-state index contributed by atoms with van der Waals surface area (Å²) >= 11 is 0. The Balaban J connectivity index is 1.61. The van der Waals surface area contributed by atoms with Gasteiger partial charge in [-0.05, 0) is 36.8 Å². The van der Waals surface area contributed by atoms with Gasteiger partial charge in [0.05, 0.1) is 29.6 Å². The molecular weight excluding hydrogens is 324 g/mol. The van der Waals surface area contributed by atoms with Crippen molar-refractivity contribution in [3.05, 3.63) is 35.3 Å². The first-order valence-corrected chi connectivity index (χ1v) is 8.88. The molecule has 1 saturated heterocycles. The maximum atomic E-state index is 13.1. The van der Waals surface area contributed by atoms with E-state index in [1.165, 1.54) is 0 Å². The Morgan fingerprint density at radius 2 is 2.04 bits per heavy atom. The SMILES string of the molecule is C[C@@H]1C[C@@H]2OC(=O)C3=C2[C@@H](CC[C@@H]3O)[C@@]12C[C@@H](c1ccoc1)OC2=O. The highest BCUT2D eigenvalue weighted by Gasteiger charge is 2.64. The highest BCUT2D eigenvalue weighted by molar-refractivity contribution is 5.95. The van der Waals surface area contributed by atoms with Crippen LogP contribution in [0.5, 0.6) is 0 Å². The summed E-state index contributed by atoms with van der Waals surface area (Å²) in [6.45, 7) is 2.05. The molecule has 0 bridgehead atoms. The van der Waals surface area contributed by atoms with E-state index in [2.05, 4.69) is 0 Å². The van der Waals surface area contributed by atoms with Gasteiger partial charge in [-0.25, -0.2) is 4.79 Å². The maximum absolute atomic E-state index is 13.1.